The summed E-state index contributed by atoms with van der Waals surface area (Å²) in [7, 11) is 9.87. The molecule has 1 unspecified atom stereocenters. The van der Waals surface area contributed by atoms with Crippen molar-refractivity contribution < 1.29 is 20.8 Å². The van der Waals surface area contributed by atoms with Gasteiger partial charge in [0.05, 0.1) is 0 Å². The van der Waals surface area contributed by atoms with Gasteiger partial charge in [-0.15, -0.1) is 0 Å². The van der Waals surface area contributed by atoms with Crippen LogP contribution in [0.1, 0.15) is 17.9 Å². The fourth-order valence-electron chi connectivity index (χ4n) is 5.11. The van der Waals surface area contributed by atoms with Crippen molar-refractivity contribution in [3.8, 4) is 0 Å². The molecule has 1 atom stereocenters. The summed E-state index contributed by atoms with van der Waals surface area (Å²) >= 11 is -0.826. The monoisotopic (exact) mass is 542 g/mol. The molecule has 0 amide bonds. The first-order chi connectivity index (χ1) is 16.3. The molecule has 0 nitrogen and oxygen atoms in total. The maximum atomic E-state index is 4.93. The zero-order chi connectivity index (χ0) is 22.6. The number of benzene rings is 1. The standard InChI is InChI=1S/C30H22.2ClH.Zr/c1-2-10-21(11-3-1)29(20-23-19-18-22-12-4-5-13-24(22)23)30-27-16-8-6-14-25(27)26-15-7-9-17-28(26)30;;;/h1-19,29H,20H2;2*1H;/q;;;+2/p-2. The van der Waals surface area contributed by atoms with E-state index in [1.807, 2.05) is 0 Å². The Kier molecular flexibility index (Phi) is 8.12. The Hall–Kier alpha value is -0.877. The van der Waals surface area contributed by atoms with Gasteiger partial charge in [-0.2, -0.15) is 0 Å². The van der Waals surface area contributed by atoms with Crippen LogP contribution >= 0.6 is 17.0 Å². The van der Waals surface area contributed by atoms with E-state index in [1.54, 1.807) is 0 Å². The van der Waals surface area contributed by atoms with Crippen LogP contribution in [0.5, 0.6) is 0 Å². The number of allylic oxidation sites excluding steroid dienone is 12. The number of rotatable bonds is 4. The van der Waals surface area contributed by atoms with Crippen LogP contribution in [0, 0.1) is 60.2 Å². The van der Waals surface area contributed by atoms with Gasteiger partial charge in [-0.25, -0.2) is 0 Å². The van der Waals surface area contributed by atoms with E-state index in [1.165, 1.54) is 52.9 Å². The molecular formula is C30H22Cl2Zr. The molecule has 6 rings (SSSR count). The van der Waals surface area contributed by atoms with Crippen LogP contribution in [0.3, 0.4) is 0 Å². The van der Waals surface area contributed by atoms with Gasteiger partial charge in [0.25, 0.3) is 0 Å². The molecule has 10 radical (unpaired) electrons. The van der Waals surface area contributed by atoms with Crippen molar-refractivity contribution in [2.45, 2.75) is 12.3 Å². The second kappa shape index (κ2) is 11.2. The van der Waals surface area contributed by atoms with E-state index in [-0.39, 0.29) is 0 Å². The van der Waals surface area contributed by atoms with Gasteiger partial charge in [-0.3, -0.25) is 0 Å². The quantitative estimate of drug-likeness (QED) is 0.361. The first-order valence-corrected chi connectivity index (χ1v) is 17.4. The van der Waals surface area contributed by atoms with Gasteiger partial charge in [0.1, 0.15) is 0 Å². The second-order valence-corrected chi connectivity index (χ2v) is 11.9. The summed E-state index contributed by atoms with van der Waals surface area (Å²) in [5, 5.41) is 0. The molecule has 0 heterocycles. The molecule has 33 heavy (non-hydrogen) atoms. The van der Waals surface area contributed by atoms with E-state index in [4.69, 9.17) is 17.0 Å². The van der Waals surface area contributed by atoms with Crippen molar-refractivity contribution in [1.29, 1.82) is 0 Å². The van der Waals surface area contributed by atoms with Crippen molar-refractivity contribution in [3.63, 3.8) is 0 Å². The summed E-state index contributed by atoms with van der Waals surface area (Å²) in [6.07, 6.45) is 32.1. The van der Waals surface area contributed by atoms with Crippen molar-refractivity contribution in [2.75, 3.05) is 0 Å². The molecule has 0 aliphatic heterocycles. The average molecular weight is 545 g/mol. The minimum absolute atomic E-state index is 0.307. The molecule has 0 N–H and O–H groups in total. The fourth-order valence-corrected chi connectivity index (χ4v) is 5.11. The van der Waals surface area contributed by atoms with E-state index < -0.39 is 20.8 Å². The predicted octanol–water partition coefficient (Wildman–Crippen LogP) is 7.95. The van der Waals surface area contributed by atoms with Gasteiger partial charge in [0.2, 0.25) is 0 Å². The summed E-state index contributed by atoms with van der Waals surface area (Å²) in [6.45, 7) is 0. The third-order valence-corrected chi connectivity index (χ3v) is 6.47. The number of fused-ring (bicyclic) bond motifs is 4. The first kappa shape index (κ1) is 23.8. The topological polar surface area (TPSA) is 0 Å². The molecule has 5 aliphatic rings. The number of halogens is 2. The van der Waals surface area contributed by atoms with Crippen LogP contribution < -0.4 is 0 Å². The van der Waals surface area contributed by atoms with Gasteiger partial charge >= 0.3 is 37.9 Å². The van der Waals surface area contributed by atoms with Crippen LogP contribution in [0.4, 0.5) is 0 Å². The summed E-state index contributed by atoms with van der Waals surface area (Å²) in [5.41, 5.74) is 1.38. The van der Waals surface area contributed by atoms with Crippen molar-refractivity contribution in [1.82, 2.24) is 0 Å². The molecule has 0 saturated heterocycles. The second-order valence-electron chi connectivity index (χ2n) is 8.19. The van der Waals surface area contributed by atoms with Crippen molar-refractivity contribution >= 4 is 17.0 Å². The zero-order valence-corrected chi connectivity index (χ0v) is 22.0. The molecule has 0 aromatic heterocycles. The first-order valence-electron chi connectivity index (χ1n) is 11.0. The number of hydrogen-bond donors (Lipinski definition) is 0. The summed E-state index contributed by atoms with van der Waals surface area (Å²) in [6, 6.07) is 11.0. The Morgan fingerprint density at radius 3 is 1.73 bits per heavy atom. The van der Waals surface area contributed by atoms with E-state index in [0.29, 0.717) is 5.92 Å². The van der Waals surface area contributed by atoms with Crippen LogP contribution in [0.25, 0.3) is 0 Å². The van der Waals surface area contributed by atoms with E-state index in [0.717, 1.165) is 6.42 Å². The molecule has 0 bridgehead atoms. The molecular weight excluding hydrogens is 522 g/mol. The van der Waals surface area contributed by atoms with E-state index in [9.17, 15) is 0 Å². The van der Waals surface area contributed by atoms with Gasteiger partial charge in [-0.05, 0) is 36.7 Å². The third kappa shape index (κ3) is 4.94. The van der Waals surface area contributed by atoms with Gasteiger partial charge < -0.3 is 0 Å². The van der Waals surface area contributed by atoms with Crippen molar-refractivity contribution in [3.05, 3.63) is 169 Å². The van der Waals surface area contributed by atoms with E-state index in [2.05, 4.69) is 116 Å². The zero-order valence-electron chi connectivity index (χ0n) is 18.0. The molecule has 2 saturated carbocycles. The fraction of sp³-hybridized carbons (Fsp3) is 0.0667. The summed E-state index contributed by atoms with van der Waals surface area (Å²) < 4.78 is 0. The van der Waals surface area contributed by atoms with Gasteiger partial charge in [0, 0.05) is 41.4 Å². The maximum absolute atomic E-state index is 4.93. The van der Waals surface area contributed by atoms with Gasteiger partial charge in [0.15, 0.2) is 0 Å². The number of hydrogen-bond acceptors (Lipinski definition) is 0. The van der Waals surface area contributed by atoms with Crippen LogP contribution in [-0.2, 0) is 20.8 Å². The molecule has 1 aromatic rings. The summed E-state index contributed by atoms with van der Waals surface area (Å²) in [4.78, 5) is 0. The van der Waals surface area contributed by atoms with Gasteiger partial charge in [-0.1, -0.05) is 103 Å². The Morgan fingerprint density at radius 1 is 0.606 bits per heavy atom. The average Bonchev–Trinajstić information content (AvgIpc) is 3.43. The summed E-state index contributed by atoms with van der Waals surface area (Å²) in [5.74, 6) is 11.4. The molecule has 5 aliphatic carbocycles. The van der Waals surface area contributed by atoms with E-state index >= 15 is 0 Å². The molecule has 3 heteroatoms. The van der Waals surface area contributed by atoms with Crippen LogP contribution in [0.2, 0.25) is 0 Å². The Balaban J connectivity index is 0.000000724. The molecule has 1 aromatic carbocycles. The molecule has 0 spiro atoms. The molecule has 160 valence electrons. The SMILES string of the molecule is [CH]1[CH][C](CC([C]2[C]3C=CC=C[C]3[C]3C=CC=C[C]32)c2ccccc2)[C]2C=CC=C[C]12.[Cl][Zr][Cl]. The Bertz CT molecular complexity index is 938. The molecule has 2 fully saturated rings. The van der Waals surface area contributed by atoms with Crippen LogP contribution in [0.15, 0.2) is 103 Å². The normalized spacial score (nSPS) is 24.5. The van der Waals surface area contributed by atoms with Crippen LogP contribution in [-0.4, -0.2) is 0 Å². The Labute approximate surface area is 217 Å². The minimum atomic E-state index is -0.826. The third-order valence-electron chi connectivity index (χ3n) is 6.47. The predicted molar refractivity (Wildman–Crippen MR) is 135 cm³/mol. The Morgan fingerprint density at radius 2 is 1.12 bits per heavy atom. The van der Waals surface area contributed by atoms with Crippen molar-refractivity contribution in [2.24, 2.45) is 0 Å².